The van der Waals surface area contributed by atoms with Crippen molar-refractivity contribution >= 4 is 11.8 Å². The van der Waals surface area contributed by atoms with E-state index in [1.165, 1.54) is 0 Å². The van der Waals surface area contributed by atoms with Crippen LogP contribution >= 0.6 is 0 Å². The van der Waals surface area contributed by atoms with Crippen LogP contribution in [0.4, 0.5) is 0 Å². The van der Waals surface area contributed by atoms with E-state index in [0.717, 1.165) is 47.7 Å². The van der Waals surface area contributed by atoms with Gasteiger partial charge >= 0.3 is 0 Å². The molecule has 1 fully saturated rings. The minimum atomic E-state index is -0.435. The number of carbonyl (C=O) groups excluding carboxylic acids is 2. The monoisotopic (exact) mass is 370 g/mol. The number of aryl methyl sites for hydroxylation is 2. The fourth-order valence-electron chi connectivity index (χ4n) is 3.62. The van der Waals surface area contributed by atoms with Gasteiger partial charge in [-0.3, -0.25) is 14.6 Å². The summed E-state index contributed by atoms with van der Waals surface area (Å²) in [6.07, 6.45) is 2.80. The van der Waals surface area contributed by atoms with Crippen LogP contribution in [0.25, 0.3) is 11.3 Å². The number of hydrogen-bond acceptors (Lipinski definition) is 5. The summed E-state index contributed by atoms with van der Waals surface area (Å²) in [4.78, 5) is 29.7. The highest BCUT2D eigenvalue weighted by Gasteiger charge is 2.25. The molecule has 2 amide bonds. The van der Waals surface area contributed by atoms with Crippen LogP contribution in [0.2, 0.25) is 0 Å². The van der Waals surface area contributed by atoms with Crippen molar-refractivity contribution < 1.29 is 14.1 Å². The molecule has 2 N–H and O–H groups in total. The molecule has 0 atom stereocenters. The lowest BCUT2D eigenvalue weighted by molar-refractivity contribution is -0.134. The van der Waals surface area contributed by atoms with Crippen LogP contribution in [-0.2, 0) is 16.0 Å². The molecule has 0 aliphatic carbocycles. The first-order valence-corrected chi connectivity index (χ1v) is 9.48. The number of aromatic nitrogens is 2. The Hall–Kier alpha value is -2.70. The second kappa shape index (κ2) is 8.33. The minimum absolute atomic E-state index is 0.00152. The van der Waals surface area contributed by atoms with Crippen LogP contribution in [0.1, 0.15) is 55.7 Å². The summed E-state index contributed by atoms with van der Waals surface area (Å²) in [5.74, 6) is 0.735. The summed E-state index contributed by atoms with van der Waals surface area (Å²) in [6, 6.07) is 6.06. The van der Waals surface area contributed by atoms with Gasteiger partial charge in [0.15, 0.2) is 0 Å². The molecule has 0 radical (unpaired) electrons. The van der Waals surface area contributed by atoms with E-state index in [-0.39, 0.29) is 18.7 Å². The first-order valence-electron chi connectivity index (χ1n) is 9.48. The Labute approximate surface area is 158 Å². The zero-order valence-electron chi connectivity index (χ0n) is 15.9. The molecule has 1 aliphatic rings. The highest BCUT2D eigenvalue weighted by Crippen LogP contribution is 2.31. The molecule has 27 heavy (non-hydrogen) atoms. The van der Waals surface area contributed by atoms with Crippen LogP contribution in [0, 0.1) is 6.92 Å². The largest absolute Gasteiger partial charge is 0.370 e. The summed E-state index contributed by atoms with van der Waals surface area (Å²) in [5.41, 5.74) is 8.90. The molecule has 0 spiro atoms. The molecular formula is C20H26N4O3. The van der Waals surface area contributed by atoms with Gasteiger partial charge in [0, 0.05) is 44.0 Å². The van der Waals surface area contributed by atoms with Gasteiger partial charge in [-0.15, -0.1) is 0 Å². The van der Waals surface area contributed by atoms with Gasteiger partial charge in [-0.2, -0.15) is 0 Å². The molecule has 0 unspecified atom stereocenters. The molecule has 3 rings (SSSR count). The van der Waals surface area contributed by atoms with E-state index in [0.29, 0.717) is 19.0 Å². The van der Waals surface area contributed by atoms with Gasteiger partial charge in [-0.25, -0.2) is 0 Å². The lowest BCUT2D eigenvalue weighted by Crippen LogP contribution is -2.38. The SMILES string of the molecule is CCc1onc(C)c1-c1cccc(C2CCN(C(=O)CCC(N)=O)CC2)n1. The first kappa shape index (κ1) is 19.1. The second-order valence-corrected chi connectivity index (χ2v) is 6.99. The molecule has 2 aromatic rings. The zero-order valence-corrected chi connectivity index (χ0v) is 15.9. The van der Waals surface area contributed by atoms with Crippen LogP contribution in [0.5, 0.6) is 0 Å². The molecule has 2 aromatic heterocycles. The van der Waals surface area contributed by atoms with E-state index < -0.39 is 5.91 Å². The zero-order chi connectivity index (χ0) is 19.4. The fraction of sp³-hybridized carbons (Fsp3) is 0.500. The number of hydrogen-bond donors (Lipinski definition) is 1. The lowest BCUT2D eigenvalue weighted by Gasteiger charge is -2.32. The summed E-state index contributed by atoms with van der Waals surface area (Å²) in [6.45, 7) is 5.34. The number of nitrogens with zero attached hydrogens (tertiary/aromatic N) is 3. The van der Waals surface area contributed by atoms with E-state index in [1.807, 2.05) is 36.9 Å². The van der Waals surface area contributed by atoms with Crippen molar-refractivity contribution in [2.45, 2.75) is 51.9 Å². The van der Waals surface area contributed by atoms with Crippen molar-refractivity contribution in [2.24, 2.45) is 5.73 Å². The number of primary amides is 1. The van der Waals surface area contributed by atoms with Crippen molar-refractivity contribution in [3.8, 4) is 11.3 Å². The van der Waals surface area contributed by atoms with Crippen molar-refractivity contribution in [1.82, 2.24) is 15.0 Å². The highest BCUT2D eigenvalue weighted by molar-refractivity contribution is 5.82. The van der Waals surface area contributed by atoms with Gasteiger partial charge in [-0.05, 0) is 31.9 Å². The smallest absolute Gasteiger partial charge is 0.223 e. The summed E-state index contributed by atoms with van der Waals surface area (Å²) in [7, 11) is 0. The van der Waals surface area contributed by atoms with Crippen LogP contribution in [0.15, 0.2) is 22.7 Å². The number of amides is 2. The van der Waals surface area contributed by atoms with E-state index in [2.05, 4.69) is 5.16 Å². The normalized spacial score (nSPS) is 15.1. The summed E-state index contributed by atoms with van der Waals surface area (Å²) >= 11 is 0. The predicted molar refractivity (Wildman–Crippen MR) is 101 cm³/mol. The number of piperidine rings is 1. The van der Waals surface area contributed by atoms with E-state index in [1.54, 1.807) is 0 Å². The number of pyridine rings is 1. The molecule has 0 bridgehead atoms. The third-order valence-corrected chi connectivity index (χ3v) is 5.13. The second-order valence-electron chi connectivity index (χ2n) is 6.99. The summed E-state index contributed by atoms with van der Waals surface area (Å²) < 4.78 is 5.40. The molecule has 3 heterocycles. The van der Waals surface area contributed by atoms with Gasteiger partial charge in [0.2, 0.25) is 11.8 Å². The number of nitrogens with two attached hydrogens (primary N) is 1. The molecular weight excluding hydrogens is 344 g/mol. The van der Waals surface area contributed by atoms with Gasteiger partial charge in [0.25, 0.3) is 0 Å². The Morgan fingerprint density at radius 3 is 2.67 bits per heavy atom. The van der Waals surface area contributed by atoms with Crippen molar-refractivity contribution in [3.05, 3.63) is 35.3 Å². The molecule has 1 aliphatic heterocycles. The van der Waals surface area contributed by atoms with Gasteiger partial charge in [0.1, 0.15) is 5.76 Å². The topological polar surface area (TPSA) is 102 Å². The van der Waals surface area contributed by atoms with E-state index in [4.69, 9.17) is 15.2 Å². The van der Waals surface area contributed by atoms with Crippen molar-refractivity contribution in [2.75, 3.05) is 13.1 Å². The van der Waals surface area contributed by atoms with Crippen LogP contribution in [0.3, 0.4) is 0 Å². The molecule has 0 saturated carbocycles. The highest BCUT2D eigenvalue weighted by atomic mass is 16.5. The first-order chi connectivity index (χ1) is 13.0. The molecule has 0 aromatic carbocycles. The van der Waals surface area contributed by atoms with Gasteiger partial charge < -0.3 is 15.2 Å². The standard InChI is InChI=1S/C20H26N4O3/c1-3-17-20(13(2)23-27-17)16-6-4-5-15(22-16)14-9-11-24(12-10-14)19(26)8-7-18(21)25/h4-6,14H,3,7-12H2,1-2H3,(H2,21,25). The minimum Gasteiger partial charge on any atom is -0.370 e. The molecule has 1 saturated heterocycles. The predicted octanol–water partition coefficient (Wildman–Crippen LogP) is 2.58. The third-order valence-electron chi connectivity index (χ3n) is 5.13. The van der Waals surface area contributed by atoms with Crippen molar-refractivity contribution in [1.29, 1.82) is 0 Å². The van der Waals surface area contributed by atoms with Crippen LogP contribution in [-0.4, -0.2) is 39.9 Å². The van der Waals surface area contributed by atoms with E-state index >= 15 is 0 Å². The van der Waals surface area contributed by atoms with Crippen LogP contribution < -0.4 is 5.73 Å². The average molecular weight is 370 g/mol. The molecule has 144 valence electrons. The third kappa shape index (κ3) is 4.35. The summed E-state index contributed by atoms with van der Waals surface area (Å²) in [5, 5.41) is 4.07. The maximum Gasteiger partial charge on any atom is 0.223 e. The quantitative estimate of drug-likeness (QED) is 0.842. The Balaban J connectivity index is 1.68. The lowest BCUT2D eigenvalue weighted by atomic mass is 9.92. The van der Waals surface area contributed by atoms with Gasteiger partial charge in [0.05, 0.1) is 17.0 Å². The molecule has 7 heteroatoms. The number of carbonyl (C=O) groups is 2. The van der Waals surface area contributed by atoms with Crippen molar-refractivity contribution in [3.63, 3.8) is 0 Å². The Kier molecular flexibility index (Phi) is 5.88. The number of likely N-dealkylation sites (tertiary alicyclic amines) is 1. The maximum absolute atomic E-state index is 12.1. The maximum atomic E-state index is 12.1. The average Bonchev–Trinajstić information content (AvgIpc) is 3.07. The van der Waals surface area contributed by atoms with Gasteiger partial charge in [-0.1, -0.05) is 18.1 Å². The number of rotatable bonds is 6. The Bertz CT molecular complexity index is 822. The molecule has 7 nitrogen and oxygen atoms in total. The van der Waals surface area contributed by atoms with E-state index in [9.17, 15) is 9.59 Å². The Morgan fingerprint density at radius 1 is 1.26 bits per heavy atom. The Morgan fingerprint density at radius 2 is 2.00 bits per heavy atom. The fourth-order valence-corrected chi connectivity index (χ4v) is 3.62.